The molecule has 0 radical (unpaired) electrons. The second kappa shape index (κ2) is 8.13. The normalized spacial score (nSPS) is 11.9. The van der Waals surface area contributed by atoms with E-state index in [1.165, 1.54) is 16.2 Å². The number of aliphatic carboxylic acids is 1. The van der Waals surface area contributed by atoms with Crippen LogP contribution in [0.4, 0.5) is 0 Å². The lowest BCUT2D eigenvalue weighted by Crippen LogP contribution is -2.43. The predicted molar refractivity (Wildman–Crippen MR) is 92.0 cm³/mol. The quantitative estimate of drug-likeness (QED) is 0.830. The van der Waals surface area contributed by atoms with Gasteiger partial charge in [0.25, 0.3) is 0 Å². The number of hydrogen-bond donors (Lipinski definition) is 1. The van der Waals surface area contributed by atoms with Crippen LogP contribution in [0, 0.1) is 0 Å². The van der Waals surface area contributed by atoms with Crippen LogP contribution < -0.4 is 0 Å². The predicted octanol–water partition coefficient (Wildman–Crippen LogP) is 3.49. The van der Waals surface area contributed by atoms with Gasteiger partial charge in [-0.3, -0.25) is 4.79 Å². The van der Waals surface area contributed by atoms with E-state index < -0.39 is 12.0 Å². The van der Waals surface area contributed by atoms with E-state index in [0.29, 0.717) is 17.9 Å². The molecule has 1 unspecified atom stereocenters. The highest BCUT2D eigenvalue weighted by molar-refractivity contribution is 7.10. The van der Waals surface area contributed by atoms with Gasteiger partial charge < -0.3 is 10.0 Å². The standard InChI is InChI=1S/C17H18ClNO3S/c1-19(16(20)8-7-14-10-13(18)11-23-14)15(17(21)22)9-12-5-3-2-4-6-12/h2-6,10-11,15H,7-9H2,1H3,(H,21,22). The summed E-state index contributed by atoms with van der Waals surface area (Å²) in [4.78, 5) is 26.2. The highest BCUT2D eigenvalue weighted by Crippen LogP contribution is 2.21. The third-order valence-corrected chi connectivity index (χ3v) is 4.97. The number of likely N-dealkylation sites (N-methyl/N-ethyl adjacent to an activating group) is 1. The van der Waals surface area contributed by atoms with Crippen molar-refractivity contribution in [2.75, 3.05) is 7.05 Å². The summed E-state index contributed by atoms with van der Waals surface area (Å²) in [5, 5.41) is 11.9. The lowest BCUT2D eigenvalue weighted by molar-refractivity contribution is -0.149. The molecule has 0 saturated heterocycles. The van der Waals surface area contributed by atoms with Gasteiger partial charge in [0.1, 0.15) is 6.04 Å². The highest BCUT2D eigenvalue weighted by atomic mass is 35.5. The van der Waals surface area contributed by atoms with Crippen LogP contribution in [0.15, 0.2) is 41.8 Å². The van der Waals surface area contributed by atoms with Gasteiger partial charge in [-0.15, -0.1) is 11.3 Å². The molecule has 0 saturated carbocycles. The Morgan fingerprint density at radius 1 is 1.30 bits per heavy atom. The molecule has 1 atom stereocenters. The van der Waals surface area contributed by atoms with Crippen molar-refractivity contribution < 1.29 is 14.7 Å². The van der Waals surface area contributed by atoms with Gasteiger partial charge in [-0.1, -0.05) is 41.9 Å². The summed E-state index contributed by atoms with van der Waals surface area (Å²) in [6, 6.07) is 10.3. The van der Waals surface area contributed by atoms with Crippen molar-refractivity contribution in [1.82, 2.24) is 4.90 Å². The van der Waals surface area contributed by atoms with E-state index in [4.69, 9.17) is 11.6 Å². The van der Waals surface area contributed by atoms with Crippen LogP contribution in [0.2, 0.25) is 5.02 Å². The number of thiophene rings is 1. The van der Waals surface area contributed by atoms with Gasteiger partial charge in [-0.05, 0) is 18.1 Å². The molecule has 0 spiro atoms. The van der Waals surface area contributed by atoms with E-state index in [1.54, 1.807) is 7.05 Å². The summed E-state index contributed by atoms with van der Waals surface area (Å²) in [7, 11) is 1.55. The summed E-state index contributed by atoms with van der Waals surface area (Å²) in [6.45, 7) is 0. The second-order valence-corrected chi connectivity index (χ2v) is 6.71. The zero-order valence-electron chi connectivity index (χ0n) is 12.7. The molecule has 0 bridgehead atoms. The summed E-state index contributed by atoms with van der Waals surface area (Å²) < 4.78 is 0. The minimum atomic E-state index is -0.996. The summed E-state index contributed by atoms with van der Waals surface area (Å²) in [6.07, 6.45) is 1.13. The Kier molecular flexibility index (Phi) is 6.19. The average Bonchev–Trinajstić information content (AvgIpc) is 2.96. The molecule has 0 aliphatic carbocycles. The first-order chi connectivity index (χ1) is 11.0. The number of carbonyl (C=O) groups excluding carboxylic acids is 1. The van der Waals surface area contributed by atoms with Crippen molar-refractivity contribution in [2.24, 2.45) is 0 Å². The summed E-state index contributed by atoms with van der Waals surface area (Å²) in [5.74, 6) is -1.18. The maximum atomic E-state index is 12.3. The Morgan fingerprint density at radius 3 is 2.57 bits per heavy atom. The smallest absolute Gasteiger partial charge is 0.326 e. The first-order valence-electron chi connectivity index (χ1n) is 7.22. The van der Waals surface area contributed by atoms with E-state index in [9.17, 15) is 14.7 Å². The number of benzene rings is 1. The highest BCUT2D eigenvalue weighted by Gasteiger charge is 2.26. The number of hydrogen-bond acceptors (Lipinski definition) is 3. The fourth-order valence-corrected chi connectivity index (χ4v) is 3.37. The molecule has 1 N–H and O–H groups in total. The molecular weight excluding hydrogens is 334 g/mol. The van der Waals surface area contributed by atoms with E-state index >= 15 is 0 Å². The van der Waals surface area contributed by atoms with Gasteiger partial charge in [0.2, 0.25) is 5.91 Å². The first-order valence-corrected chi connectivity index (χ1v) is 8.48. The Labute approximate surface area is 144 Å². The van der Waals surface area contributed by atoms with E-state index in [1.807, 2.05) is 41.8 Å². The van der Waals surface area contributed by atoms with Gasteiger partial charge in [0.15, 0.2) is 0 Å². The fourth-order valence-electron chi connectivity index (χ4n) is 2.29. The average molecular weight is 352 g/mol. The number of rotatable bonds is 7. The monoisotopic (exact) mass is 351 g/mol. The molecule has 122 valence electrons. The molecule has 4 nitrogen and oxygen atoms in total. The zero-order chi connectivity index (χ0) is 16.8. The molecule has 0 aliphatic heterocycles. The van der Waals surface area contributed by atoms with Crippen molar-refractivity contribution in [1.29, 1.82) is 0 Å². The van der Waals surface area contributed by atoms with E-state index in [-0.39, 0.29) is 12.3 Å². The maximum absolute atomic E-state index is 12.3. The van der Waals surface area contributed by atoms with Crippen molar-refractivity contribution in [3.8, 4) is 0 Å². The zero-order valence-corrected chi connectivity index (χ0v) is 14.3. The molecule has 23 heavy (non-hydrogen) atoms. The molecular formula is C17H18ClNO3S. The Balaban J connectivity index is 1.97. The third-order valence-electron chi connectivity index (χ3n) is 3.62. The molecule has 6 heteroatoms. The van der Waals surface area contributed by atoms with Crippen LogP contribution in [0.1, 0.15) is 16.9 Å². The summed E-state index contributed by atoms with van der Waals surface area (Å²) >= 11 is 7.36. The topological polar surface area (TPSA) is 57.6 Å². The van der Waals surface area contributed by atoms with Crippen LogP contribution >= 0.6 is 22.9 Å². The fraction of sp³-hybridized carbons (Fsp3) is 0.294. The number of halogens is 1. The van der Waals surface area contributed by atoms with Crippen LogP contribution in [0.25, 0.3) is 0 Å². The van der Waals surface area contributed by atoms with Crippen molar-refractivity contribution >= 4 is 34.8 Å². The van der Waals surface area contributed by atoms with Gasteiger partial charge in [0.05, 0.1) is 5.02 Å². The minimum Gasteiger partial charge on any atom is -0.480 e. The SMILES string of the molecule is CN(C(=O)CCc1cc(Cl)cs1)C(Cc1ccccc1)C(=O)O. The lowest BCUT2D eigenvalue weighted by Gasteiger charge is -2.25. The lowest BCUT2D eigenvalue weighted by atomic mass is 10.0. The molecule has 1 amide bonds. The van der Waals surface area contributed by atoms with Crippen LogP contribution in [-0.2, 0) is 22.4 Å². The maximum Gasteiger partial charge on any atom is 0.326 e. The van der Waals surface area contributed by atoms with E-state index in [2.05, 4.69) is 0 Å². The molecule has 1 aromatic heterocycles. The third kappa shape index (κ3) is 5.08. The Hall–Kier alpha value is -1.85. The number of nitrogens with zero attached hydrogens (tertiary/aromatic N) is 1. The Bertz CT molecular complexity index is 671. The van der Waals surface area contributed by atoms with Crippen LogP contribution in [-0.4, -0.2) is 35.0 Å². The Morgan fingerprint density at radius 2 is 2.00 bits per heavy atom. The molecule has 2 aromatic rings. The van der Waals surface area contributed by atoms with Crippen LogP contribution in [0.3, 0.4) is 0 Å². The van der Waals surface area contributed by atoms with Gasteiger partial charge in [-0.25, -0.2) is 4.79 Å². The molecule has 0 aliphatic rings. The number of aryl methyl sites for hydroxylation is 1. The van der Waals surface area contributed by atoms with Gasteiger partial charge >= 0.3 is 5.97 Å². The number of carboxylic acid groups (broad SMARTS) is 1. The van der Waals surface area contributed by atoms with E-state index in [0.717, 1.165) is 10.4 Å². The molecule has 1 heterocycles. The largest absolute Gasteiger partial charge is 0.480 e. The first kappa shape index (κ1) is 17.5. The minimum absolute atomic E-state index is 0.183. The van der Waals surface area contributed by atoms with Crippen molar-refractivity contribution in [3.05, 3.63) is 57.2 Å². The van der Waals surface area contributed by atoms with Gasteiger partial charge in [-0.2, -0.15) is 0 Å². The van der Waals surface area contributed by atoms with Crippen molar-refractivity contribution in [3.63, 3.8) is 0 Å². The molecule has 1 aromatic carbocycles. The molecule has 2 rings (SSSR count). The number of carbonyl (C=O) groups is 2. The summed E-state index contributed by atoms with van der Waals surface area (Å²) in [5.41, 5.74) is 0.893. The second-order valence-electron chi connectivity index (χ2n) is 5.28. The number of carboxylic acids is 1. The van der Waals surface area contributed by atoms with Gasteiger partial charge in [0, 0.05) is 30.1 Å². The number of amides is 1. The molecule has 0 fully saturated rings. The van der Waals surface area contributed by atoms with Crippen LogP contribution in [0.5, 0.6) is 0 Å². The van der Waals surface area contributed by atoms with Crippen molar-refractivity contribution in [2.45, 2.75) is 25.3 Å².